The molecule has 1 N–H and O–H groups in total. The van der Waals surface area contributed by atoms with Gasteiger partial charge in [-0.1, -0.05) is 31.2 Å². The number of furan rings is 1. The Morgan fingerprint density at radius 1 is 1.04 bits per heavy atom. The number of rotatable bonds is 7. The van der Waals surface area contributed by atoms with Crippen LogP contribution in [0.2, 0.25) is 0 Å². The van der Waals surface area contributed by atoms with Crippen molar-refractivity contribution in [3.8, 4) is 5.75 Å². The smallest absolute Gasteiger partial charge is 0.241 e. The Bertz CT molecular complexity index is 917. The highest BCUT2D eigenvalue weighted by Crippen LogP contribution is 2.31. The fraction of sp³-hybridized carbons (Fsp3) is 0.222. The quantitative estimate of drug-likeness (QED) is 0.709. The maximum atomic E-state index is 12.7. The number of nitrogens with one attached hydrogen (secondary N) is 1. The molecular formula is C18H19NO4S. The van der Waals surface area contributed by atoms with Crippen LogP contribution < -0.4 is 9.46 Å². The Kier molecular flexibility index (Phi) is 4.87. The maximum absolute atomic E-state index is 12.7. The van der Waals surface area contributed by atoms with E-state index in [1.54, 1.807) is 30.3 Å². The Balaban J connectivity index is 1.96. The highest BCUT2D eigenvalue weighted by molar-refractivity contribution is 7.89. The van der Waals surface area contributed by atoms with Crippen LogP contribution in [0.25, 0.3) is 10.8 Å². The molecule has 5 nitrogen and oxygen atoms in total. The zero-order valence-corrected chi connectivity index (χ0v) is 14.2. The molecule has 0 atom stereocenters. The van der Waals surface area contributed by atoms with Crippen molar-refractivity contribution in [1.29, 1.82) is 0 Å². The molecule has 0 amide bonds. The van der Waals surface area contributed by atoms with Gasteiger partial charge in [-0.05, 0) is 30.7 Å². The van der Waals surface area contributed by atoms with E-state index in [4.69, 9.17) is 9.15 Å². The van der Waals surface area contributed by atoms with Crippen LogP contribution in [-0.2, 0) is 16.6 Å². The number of hydrogen-bond acceptors (Lipinski definition) is 4. The molecule has 0 saturated heterocycles. The molecule has 0 spiro atoms. The second-order valence-corrected chi connectivity index (χ2v) is 7.10. The molecule has 126 valence electrons. The van der Waals surface area contributed by atoms with Crippen LogP contribution in [0, 0.1) is 0 Å². The number of sulfonamides is 1. The molecule has 0 aliphatic heterocycles. The minimum absolute atomic E-state index is 0.109. The van der Waals surface area contributed by atoms with Crippen molar-refractivity contribution in [1.82, 2.24) is 4.72 Å². The van der Waals surface area contributed by atoms with E-state index in [1.165, 1.54) is 6.26 Å². The van der Waals surface area contributed by atoms with Crippen molar-refractivity contribution >= 4 is 20.8 Å². The fourth-order valence-electron chi connectivity index (χ4n) is 2.47. The molecule has 1 aromatic heterocycles. The third-order valence-corrected chi connectivity index (χ3v) is 5.07. The topological polar surface area (TPSA) is 68.5 Å². The number of hydrogen-bond donors (Lipinski definition) is 1. The van der Waals surface area contributed by atoms with E-state index < -0.39 is 10.0 Å². The van der Waals surface area contributed by atoms with Gasteiger partial charge in [-0.3, -0.25) is 0 Å². The third-order valence-electron chi connectivity index (χ3n) is 3.61. The summed E-state index contributed by atoms with van der Waals surface area (Å²) in [6, 6.07) is 14.1. The van der Waals surface area contributed by atoms with E-state index in [0.29, 0.717) is 23.5 Å². The summed E-state index contributed by atoms with van der Waals surface area (Å²) in [5, 5.41) is 1.42. The van der Waals surface area contributed by atoms with Gasteiger partial charge in [0.05, 0.1) is 24.3 Å². The Morgan fingerprint density at radius 3 is 2.54 bits per heavy atom. The lowest BCUT2D eigenvalue weighted by Gasteiger charge is -2.13. The fourth-order valence-corrected chi connectivity index (χ4v) is 3.68. The highest BCUT2D eigenvalue weighted by atomic mass is 32.2. The van der Waals surface area contributed by atoms with Crippen molar-refractivity contribution in [2.24, 2.45) is 0 Å². The second kappa shape index (κ2) is 7.07. The van der Waals surface area contributed by atoms with Gasteiger partial charge in [0, 0.05) is 10.8 Å². The van der Waals surface area contributed by atoms with Gasteiger partial charge in [-0.15, -0.1) is 0 Å². The number of benzene rings is 2. The van der Waals surface area contributed by atoms with Crippen molar-refractivity contribution < 1.29 is 17.6 Å². The molecule has 3 aromatic rings. The van der Waals surface area contributed by atoms with Gasteiger partial charge in [-0.2, -0.15) is 0 Å². The van der Waals surface area contributed by atoms with Crippen molar-refractivity contribution in [3.05, 3.63) is 60.6 Å². The first-order valence-corrected chi connectivity index (χ1v) is 9.26. The van der Waals surface area contributed by atoms with Gasteiger partial charge >= 0.3 is 0 Å². The molecule has 0 unspecified atom stereocenters. The van der Waals surface area contributed by atoms with E-state index in [9.17, 15) is 8.42 Å². The van der Waals surface area contributed by atoms with E-state index in [-0.39, 0.29) is 11.4 Å². The maximum Gasteiger partial charge on any atom is 0.241 e. The lowest BCUT2D eigenvalue weighted by atomic mass is 10.1. The number of fused-ring (bicyclic) bond motifs is 1. The summed E-state index contributed by atoms with van der Waals surface area (Å²) >= 11 is 0. The number of ether oxygens (including phenoxy) is 1. The summed E-state index contributed by atoms with van der Waals surface area (Å²) in [6.07, 6.45) is 2.40. The molecule has 3 rings (SSSR count). The highest BCUT2D eigenvalue weighted by Gasteiger charge is 2.19. The molecule has 0 bridgehead atoms. The van der Waals surface area contributed by atoms with Crippen molar-refractivity contribution in [2.75, 3.05) is 6.61 Å². The summed E-state index contributed by atoms with van der Waals surface area (Å²) in [5.74, 6) is 1.25. The molecular weight excluding hydrogens is 326 g/mol. The molecule has 6 heteroatoms. The van der Waals surface area contributed by atoms with E-state index in [1.807, 2.05) is 25.1 Å². The van der Waals surface area contributed by atoms with E-state index >= 15 is 0 Å². The van der Waals surface area contributed by atoms with Gasteiger partial charge in [0.1, 0.15) is 11.5 Å². The molecule has 2 aromatic carbocycles. The van der Waals surface area contributed by atoms with Crippen LogP contribution in [0.3, 0.4) is 0 Å². The molecule has 0 aliphatic rings. The Morgan fingerprint density at radius 2 is 1.83 bits per heavy atom. The standard InChI is InChI=1S/C18H19NO4S/c1-2-11-23-17-9-10-18(16-8-4-3-7-15(16)17)24(20,21)19-13-14-6-5-12-22-14/h3-10,12,19H,2,11,13H2,1H3. The molecule has 0 saturated carbocycles. The monoisotopic (exact) mass is 345 g/mol. The predicted octanol–water partition coefficient (Wildman–Crippen LogP) is 3.70. The van der Waals surface area contributed by atoms with Crippen LogP contribution in [0.4, 0.5) is 0 Å². The zero-order chi connectivity index (χ0) is 17.0. The minimum atomic E-state index is -3.67. The molecule has 0 radical (unpaired) electrons. The molecule has 1 heterocycles. The summed E-state index contributed by atoms with van der Waals surface area (Å²) in [5.41, 5.74) is 0. The average Bonchev–Trinajstić information content (AvgIpc) is 3.11. The predicted molar refractivity (Wildman–Crippen MR) is 92.5 cm³/mol. The Hall–Kier alpha value is -2.31. The van der Waals surface area contributed by atoms with Crippen LogP contribution in [-0.4, -0.2) is 15.0 Å². The summed E-state index contributed by atoms with van der Waals surface area (Å²) in [4.78, 5) is 0.230. The lowest BCUT2D eigenvalue weighted by molar-refractivity contribution is 0.321. The van der Waals surface area contributed by atoms with Crippen molar-refractivity contribution in [3.63, 3.8) is 0 Å². The Labute approximate surface area is 141 Å². The SMILES string of the molecule is CCCOc1ccc(S(=O)(=O)NCc2ccco2)c2ccccc12. The third kappa shape index (κ3) is 3.44. The average molecular weight is 345 g/mol. The summed E-state index contributed by atoms with van der Waals surface area (Å²) in [6.45, 7) is 2.73. The van der Waals surface area contributed by atoms with E-state index in [2.05, 4.69) is 4.72 Å². The zero-order valence-electron chi connectivity index (χ0n) is 13.4. The first-order valence-electron chi connectivity index (χ1n) is 7.78. The van der Waals surface area contributed by atoms with Crippen LogP contribution in [0.5, 0.6) is 5.75 Å². The largest absolute Gasteiger partial charge is 0.493 e. The van der Waals surface area contributed by atoms with Gasteiger partial charge in [0.25, 0.3) is 0 Å². The molecule has 0 aliphatic carbocycles. The van der Waals surface area contributed by atoms with Gasteiger partial charge in [0.2, 0.25) is 10.0 Å². The van der Waals surface area contributed by atoms with Crippen LogP contribution >= 0.6 is 0 Å². The summed E-state index contributed by atoms with van der Waals surface area (Å²) < 4.78 is 38.8. The van der Waals surface area contributed by atoms with Crippen LogP contribution in [0.15, 0.2) is 64.1 Å². The molecule has 24 heavy (non-hydrogen) atoms. The van der Waals surface area contributed by atoms with Gasteiger partial charge in [-0.25, -0.2) is 13.1 Å². The van der Waals surface area contributed by atoms with Gasteiger partial charge < -0.3 is 9.15 Å². The van der Waals surface area contributed by atoms with Crippen LogP contribution in [0.1, 0.15) is 19.1 Å². The lowest BCUT2D eigenvalue weighted by Crippen LogP contribution is -2.23. The normalized spacial score (nSPS) is 11.7. The molecule has 0 fully saturated rings. The van der Waals surface area contributed by atoms with Gasteiger partial charge in [0.15, 0.2) is 0 Å². The minimum Gasteiger partial charge on any atom is -0.493 e. The second-order valence-electron chi connectivity index (χ2n) is 5.36. The summed E-state index contributed by atoms with van der Waals surface area (Å²) in [7, 11) is -3.67. The first kappa shape index (κ1) is 16.5. The van der Waals surface area contributed by atoms with E-state index in [0.717, 1.165) is 11.8 Å². The first-order chi connectivity index (χ1) is 11.6. The van der Waals surface area contributed by atoms with Crippen molar-refractivity contribution in [2.45, 2.75) is 24.8 Å².